The normalized spacial score (nSPS) is 11.2. The first-order chi connectivity index (χ1) is 9.72. The molecule has 2 aromatic heterocycles. The molecular weight excluding hydrogens is 301 g/mol. The van der Waals surface area contributed by atoms with Gasteiger partial charge in [0.2, 0.25) is 0 Å². The quantitative estimate of drug-likeness (QED) is 0.692. The average molecular weight is 312 g/mol. The van der Waals surface area contributed by atoms with Gasteiger partial charge in [-0.1, -0.05) is 23.2 Å². The first-order valence-corrected chi connectivity index (χ1v) is 6.70. The van der Waals surface area contributed by atoms with Crippen molar-refractivity contribution in [3.63, 3.8) is 0 Å². The number of benzene rings is 1. The molecule has 3 aromatic rings. The van der Waals surface area contributed by atoms with Crippen LogP contribution in [0.5, 0.6) is 5.75 Å². The van der Waals surface area contributed by atoms with Crippen LogP contribution in [0.25, 0.3) is 22.0 Å². The summed E-state index contributed by atoms with van der Waals surface area (Å²) < 4.78 is 5.56. The van der Waals surface area contributed by atoms with Gasteiger partial charge in [0.15, 0.2) is 0 Å². The molecule has 0 spiro atoms. The van der Waals surface area contributed by atoms with Crippen molar-refractivity contribution >= 4 is 34.1 Å². The third-order valence-electron chi connectivity index (χ3n) is 2.97. The van der Waals surface area contributed by atoms with E-state index in [0.29, 0.717) is 21.3 Å². The summed E-state index contributed by atoms with van der Waals surface area (Å²) in [6, 6.07) is 1.65. The largest absolute Gasteiger partial charge is 0.490 e. The number of halogens is 2. The summed E-state index contributed by atoms with van der Waals surface area (Å²) in [6.45, 7) is 0.107. The molecule has 0 aliphatic carbocycles. The van der Waals surface area contributed by atoms with E-state index < -0.39 is 0 Å². The molecule has 20 heavy (non-hydrogen) atoms. The standard InChI is InChI=1S/C13H11Cl2N3O2/c14-9-3-10(20-2-1-19)11-8(7-4-17-18-5-7)6-16-13(11)12(9)15/h3-6,16,19H,1-2H2,(H,17,18). The highest BCUT2D eigenvalue weighted by Gasteiger charge is 2.17. The Hall–Kier alpha value is -1.69. The Balaban J connectivity index is 2.25. The van der Waals surface area contributed by atoms with E-state index in [2.05, 4.69) is 15.2 Å². The maximum Gasteiger partial charge on any atom is 0.131 e. The number of nitrogens with zero attached hydrogens (tertiary/aromatic N) is 1. The van der Waals surface area contributed by atoms with Crippen LogP contribution in [0.15, 0.2) is 24.7 Å². The van der Waals surface area contributed by atoms with E-state index in [9.17, 15) is 0 Å². The molecule has 0 fully saturated rings. The zero-order chi connectivity index (χ0) is 14.1. The minimum absolute atomic E-state index is 0.0762. The van der Waals surface area contributed by atoms with Gasteiger partial charge in [-0.3, -0.25) is 5.10 Å². The smallest absolute Gasteiger partial charge is 0.131 e. The molecule has 104 valence electrons. The van der Waals surface area contributed by atoms with Crippen molar-refractivity contribution in [2.45, 2.75) is 0 Å². The van der Waals surface area contributed by atoms with E-state index in [1.54, 1.807) is 18.5 Å². The number of H-pyrrole nitrogens is 2. The second kappa shape index (κ2) is 5.36. The molecule has 0 bridgehead atoms. The fourth-order valence-electron chi connectivity index (χ4n) is 2.12. The van der Waals surface area contributed by atoms with Crippen LogP contribution in [-0.4, -0.2) is 33.5 Å². The number of hydrogen-bond acceptors (Lipinski definition) is 3. The maximum absolute atomic E-state index is 8.92. The van der Waals surface area contributed by atoms with Crippen molar-refractivity contribution in [2.24, 2.45) is 0 Å². The van der Waals surface area contributed by atoms with Crippen LogP contribution >= 0.6 is 23.2 Å². The van der Waals surface area contributed by atoms with Crippen molar-refractivity contribution in [1.29, 1.82) is 0 Å². The van der Waals surface area contributed by atoms with Gasteiger partial charge in [-0.2, -0.15) is 5.10 Å². The summed E-state index contributed by atoms with van der Waals surface area (Å²) in [5.74, 6) is 0.570. The predicted octanol–water partition coefficient (Wildman–Crippen LogP) is 3.24. The van der Waals surface area contributed by atoms with Crippen molar-refractivity contribution in [2.75, 3.05) is 13.2 Å². The summed E-state index contributed by atoms with van der Waals surface area (Å²) in [4.78, 5) is 3.10. The number of aliphatic hydroxyl groups is 1. The summed E-state index contributed by atoms with van der Waals surface area (Å²) >= 11 is 12.3. The first-order valence-electron chi connectivity index (χ1n) is 5.94. The molecule has 0 radical (unpaired) electrons. The Bertz CT molecular complexity index is 738. The summed E-state index contributed by atoms with van der Waals surface area (Å²) in [5, 5.41) is 17.3. The highest BCUT2D eigenvalue weighted by Crippen LogP contribution is 2.42. The number of ether oxygens (including phenoxy) is 1. The second-order valence-electron chi connectivity index (χ2n) is 4.18. The van der Waals surface area contributed by atoms with Gasteiger partial charge in [0.05, 0.1) is 33.8 Å². The van der Waals surface area contributed by atoms with Crippen molar-refractivity contribution < 1.29 is 9.84 Å². The zero-order valence-electron chi connectivity index (χ0n) is 10.3. The fraction of sp³-hybridized carbons (Fsp3) is 0.154. The molecule has 1 aromatic carbocycles. The lowest BCUT2D eigenvalue weighted by Crippen LogP contribution is -2.02. The lowest BCUT2D eigenvalue weighted by molar-refractivity contribution is 0.203. The van der Waals surface area contributed by atoms with E-state index in [4.69, 9.17) is 33.0 Å². The molecular formula is C13H11Cl2N3O2. The molecule has 3 N–H and O–H groups in total. The third-order valence-corrected chi connectivity index (χ3v) is 3.76. The fourth-order valence-corrected chi connectivity index (χ4v) is 2.51. The van der Waals surface area contributed by atoms with Gasteiger partial charge in [0.25, 0.3) is 0 Å². The molecule has 0 saturated carbocycles. The molecule has 0 aliphatic rings. The molecule has 0 amide bonds. The maximum atomic E-state index is 8.92. The van der Waals surface area contributed by atoms with E-state index in [-0.39, 0.29) is 13.2 Å². The molecule has 7 heteroatoms. The second-order valence-corrected chi connectivity index (χ2v) is 4.97. The Morgan fingerprint density at radius 3 is 2.85 bits per heavy atom. The Kier molecular flexibility index (Phi) is 3.56. The molecule has 2 heterocycles. The molecule has 0 aliphatic heterocycles. The summed E-state index contributed by atoms with van der Waals surface area (Å²) in [7, 11) is 0. The number of aromatic nitrogens is 3. The van der Waals surface area contributed by atoms with Crippen molar-refractivity contribution in [1.82, 2.24) is 15.2 Å². The highest BCUT2D eigenvalue weighted by atomic mass is 35.5. The zero-order valence-corrected chi connectivity index (χ0v) is 11.8. The topological polar surface area (TPSA) is 73.9 Å². The summed E-state index contributed by atoms with van der Waals surface area (Å²) in [5.41, 5.74) is 2.51. The number of aliphatic hydroxyl groups excluding tert-OH is 1. The predicted molar refractivity (Wildman–Crippen MR) is 78.5 cm³/mol. The van der Waals surface area contributed by atoms with Crippen molar-refractivity contribution in [3.8, 4) is 16.9 Å². The van der Waals surface area contributed by atoms with Gasteiger partial charge in [-0.25, -0.2) is 0 Å². The number of fused-ring (bicyclic) bond motifs is 1. The van der Waals surface area contributed by atoms with E-state index in [1.807, 2.05) is 6.20 Å². The third kappa shape index (κ3) is 2.14. The highest BCUT2D eigenvalue weighted by molar-refractivity contribution is 6.45. The Morgan fingerprint density at radius 2 is 2.15 bits per heavy atom. The van der Waals surface area contributed by atoms with Crippen LogP contribution in [-0.2, 0) is 0 Å². The monoisotopic (exact) mass is 311 g/mol. The first kappa shape index (κ1) is 13.3. The average Bonchev–Trinajstić information content (AvgIpc) is 3.09. The van der Waals surface area contributed by atoms with Crippen LogP contribution in [0, 0.1) is 0 Å². The van der Waals surface area contributed by atoms with E-state index >= 15 is 0 Å². The number of rotatable bonds is 4. The van der Waals surface area contributed by atoms with Gasteiger partial charge in [-0.15, -0.1) is 0 Å². The number of nitrogens with one attached hydrogen (secondary N) is 2. The molecule has 3 rings (SSSR count). The molecule has 5 nitrogen and oxygen atoms in total. The van der Waals surface area contributed by atoms with Gasteiger partial charge in [0.1, 0.15) is 12.4 Å². The van der Waals surface area contributed by atoms with E-state index in [1.165, 1.54) is 0 Å². The minimum atomic E-state index is -0.0762. The minimum Gasteiger partial charge on any atom is -0.490 e. The Labute approximate surface area is 124 Å². The Morgan fingerprint density at radius 1 is 1.30 bits per heavy atom. The van der Waals surface area contributed by atoms with Crippen LogP contribution in [0.1, 0.15) is 0 Å². The SMILES string of the molecule is OCCOc1cc(Cl)c(Cl)c2[nH]cc(-c3cn[nH]c3)c12. The lowest BCUT2D eigenvalue weighted by atomic mass is 10.1. The van der Waals surface area contributed by atoms with Gasteiger partial charge in [0, 0.05) is 29.6 Å². The van der Waals surface area contributed by atoms with Gasteiger partial charge >= 0.3 is 0 Å². The van der Waals surface area contributed by atoms with E-state index in [0.717, 1.165) is 16.5 Å². The molecule has 0 unspecified atom stereocenters. The van der Waals surface area contributed by atoms with Crippen LogP contribution in [0.3, 0.4) is 0 Å². The van der Waals surface area contributed by atoms with Gasteiger partial charge < -0.3 is 14.8 Å². The number of hydrogen-bond donors (Lipinski definition) is 3. The van der Waals surface area contributed by atoms with Gasteiger partial charge in [-0.05, 0) is 0 Å². The lowest BCUT2D eigenvalue weighted by Gasteiger charge is -2.09. The molecule has 0 saturated heterocycles. The number of aromatic amines is 2. The van der Waals surface area contributed by atoms with Crippen molar-refractivity contribution in [3.05, 3.63) is 34.7 Å². The van der Waals surface area contributed by atoms with Crippen LogP contribution in [0.4, 0.5) is 0 Å². The summed E-state index contributed by atoms with van der Waals surface area (Å²) in [6.07, 6.45) is 5.31. The van der Waals surface area contributed by atoms with Crippen LogP contribution < -0.4 is 4.74 Å². The van der Waals surface area contributed by atoms with Crippen LogP contribution in [0.2, 0.25) is 10.0 Å². The molecule has 0 atom stereocenters.